The second-order valence-corrected chi connectivity index (χ2v) is 6.87. The van der Waals surface area contributed by atoms with E-state index in [1.165, 1.54) is 0 Å². The van der Waals surface area contributed by atoms with Crippen molar-refractivity contribution in [2.75, 3.05) is 11.1 Å². The van der Waals surface area contributed by atoms with E-state index >= 15 is 0 Å². The van der Waals surface area contributed by atoms with Gasteiger partial charge in [-0.2, -0.15) is 0 Å². The zero-order chi connectivity index (χ0) is 18.4. The lowest BCUT2D eigenvalue weighted by Gasteiger charge is -2.12. The predicted molar refractivity (Wildman–Crippen MR) is 111 cm³/mol. The molecular formula is C21H26ClN3O2. The van der Waals surface area contributed by atoms with Gasteiger partial charge in [-0.25, -0.2) is 0 Å². The molecule has 0 radical (unpaired) electrons. The zero-order valence-corrected chi connectivity index (χ0v) is 16.1. The Morgan fingerprint density at radius 1 is 1.00 bits per heavy atom. The monoisotopic (exact) mass is 387 g/mol. The number of rotatable bonds is 6. The lowest BCUT2D eigenvalue weighted by atomic mass is 10.1. The Kier molecular flexibility index (Phi) is 7.67. The number of carbonyl (C=O) groups excluding carboxylic acids is 2. The number of carbonyl (C=O) groups is 2. The molecule has 2 aromatic carbocycles. The Hall–Kier alpha value is -2.53. The summed E-state index contributed by atoms with van der Waals surface area (Å²) in [6, 6.07) is 14.9. The summed E-state index contributed by atoms with van der Waals surface area (Å²) in [6.45, 7) is 0.431. The van der Waals surface area contributed by atoms with Gasteiger partial charge < -0.3 is 16.4 Å². The van der Waals surface area contributed by atoms with Crippen molar-refractivity contribution in [2.24, 2.45) is 5.92 Å². The normalized spacial score (nSPS) is 13.6. The molecule has 2 aromatic rings. The summed E-state index contributed by atoms with van der Waals surface area (Å²) >= 11 is 0. The van der Waals surface area contributed by atoms with Crippen LogP contribution in [0.5, 0.6) is 0 Å². The highest BCUT2D eigenvalue weighted by molar-refractivity contribution is 5.92. The van der Waals surface area contributed by atoms with E-state index in [0.29, 0.717) is 18.7 Å². The molecule has 0 aromatic heterocycles. The Morgan fingerprint density at radius 3 is 2.41 bits per heavy atom. The quantitative estimate of drug-likeness (QED) is 0.661. The number of hydrogen-bond acceptors (Lipinski definition) is 3. The minimum atomic E-state index is -0.0461. The highest BCUT2D eigenvalue weighted by Crippen LogP contribution is 2.26. The van der Waals surface area contributed by atoms with Crippen molar-refractivity contribution in [3.05, 3.63) is 59.7 Å². The van der Waals surface area contributed by atoms with Crippen LogP contribution < -0.4 is 16.4 Å². The van der Waals surface area contributed by atoms with Gasteiger partial charge in [-0.3, -0.25) is 9.59 Å². The van der Waals surface area contributed by atoms with Crippen molar-refractivity contribution in [2.45, 2.75) is 38.6 Å². The summed E-state index contributed by atoms with van der Waals surface area (Å²) in [7, 11) is 0. The molecular weight excluding hydrogens is 362 g/mol. The first-order valence-electron chi connectivity index (χ1n) is 9.11. The zero-order valence-electron chi connectivity index (χ0n) is 15.2. The molecule has 0 saturated heterocycles. The van der Waals surface area contributed by atoms with Gasteiger partial charge in [-0.1, -0.05) is 37.1 Å². The van der Waals surface area contributed by atoms with Crippen LogP contribution in [0.2, 0.25) is 0 Å². The van der Waals surface area contributed by atoms with Crippen molar-refractivity contribution in [3.63, 3.8) is 0 Å². The van der Waals surface area contributed by atoms with Gasteiger partial charge in [0.15, 0.2) is 0 Å². The molecule has 0 bridgehead atoms. The number of nitrogen functional groups attached to an aromatic ring is 1. The van der Waals surface area contributed by atoms with Crippen molar-refractivity contribution in [1.29, 1.82) is 0 Å². The highest BCUT2D eigenvalue weighted by atomic mass is 35.5. The Labute approximate surface area is 166 Å². The maximum atomic E-state index is 12.2. The van der Waals surface area contributed by atoms with Crippen molar-refractivity contribution >= 4 is 35.6 Å². The third-order valence-corrected chi connectivity index (χ3v) is 4.75. The fourth-order valence-electron chi connectivity index (χ4n) is 3.28. The molecule has 1 fully saturated rings. The standard InChI is InChI=1S/C21H25N3O2.ClH/c22-18-10-8-15(9-11-18)13-20(25)23-14-16-4-3-7-19(12-16)24-21(26)17-5-1-2-6-17;/h3-4,7-12,17H,1-2,5-6,13-14,22H2,(H,23,25)(H,24,26);1H. The SMILES string of the molecule is Cl.Nc1ccc(CC(=O)NCc2cccc(NC(=O)C3CCCC3)c2)cc1. The van der Waals surface area contributed by atoms with Crippen LogP contribution in [-0.4, -0.2) is 11.8 Å². The van der Waals surface area contributed by atoms with Crippen LogP contribution in [0.15, 0.2) is 48.5 Å². The second kappa shape index (κ2) is 9.97. The molecule has 2 amide bonds. The fourth-order valence-corrected chi connectivity index (χ4v) is 3.28. The van der Waals surface area contributed by atoms with Crippen molar-refractivity contribution in [3.8, 4) is 0 Å². The number of halogens is 1. The number of benzene rings is 2. The average molecular weight is 388 g/mol. The van der Waals surface area contributed by atoms with Gasteiger partial charge in [-0.05, 0) is 48.2 Å². The number of nitrogens with two attached hydrogens (primary N) is 1. The van der Waals surface area contributed by atoms with Crippen LogP contribution in [0.1, 0.15) is 36.8 Å². The third-order valence-electron chi connectivity index (χ3n) is 4.75. The molecule has 0 spiro atoms. The molecule has 0 heterocycles. The maximum absolute atomic E-state index is 12.2. The summed E-state index contributed by atoms with van der Waals surface area (Å²) in [4.78, 5) is 24.3. The number of nitrogens with one attached hydrogen (secondary N) is 2. The average Bonchev–Trinajstić information content (AvgIpc) is 3.17. The minimum absolute atomic E-state index is 0. The molecule has 0 unspecified atom stereocenters. The van der Waals surface area contributed by atoms with Crippen LogP contribution in [0.3, 0.4) is 0 Å². The lowest BCUT2D eigenvalue weighted by molar-refractivity contribution is -0.121. The molecule has 6 heteroatoms. The van der Waals surface area contributed by atoms with Gasteiger partial charge in [0.25, 0.3) is 0 Å². The number of amides is 2. The Bertz CT molecular complexity index is 771. The summed E-state index contributed by atoms with van der Waals surface area (Å²) in [5.41, 5.74) is 9.00. The minimum Gasteiger partial charge on any atom is -0.399 e. The van der Waals surface area contributed by atoms with Gasteiger partial charge in [-0.15, -0.1) is 12.4 Å². The van der Waals surface area contributed by atoms with Gasteiger partial charge >= 0.3 is 0 Å². The fraction of sp³-hybridized carbons (Fsp3) is 0.333. The number of hydrogen-bond donors (Lipinski definition) is 3. The van der Waals surface area contributed by atoms with Crippen molar-refractivity contribution < 1.29 is 9.59 Å². The van der Waals surface area contributed by atoms with E-state index in [9.17, 15) is 9.59 Å². The summed E-state index contributed by atoms with van der Waals surface area (Å²) in [6.07, 6.45) is 4.55. The summed E-state index contributed by atoms with van der Waals surface area (Å²) in [5.74, 6) is 0.195. The van der Waals surface area contributed by atoms with Crippen molar-refractivity contribution in [1.82, 2.24) is 5.32 Å². The highest BCUT2D eigenvalue weighted by Gasteiger charge is 2.22. The molecule has 27 heavy (non-hydrogen) atoms. The first-order valence-corrected chi connectivity index (χ1v) is 9.11. The molecule has 1 saturated carbocycles. The van der Waals surface area contributed by atoms with E-state index in [-0.39, 0.29) is 30.1 Å². The Balaban J connectivity index is 0.00000261. The topological polar surface area (TPSA) is 84.2 Å². The van der Waals surface area contributed by atoms with E-state index in [1.807, 2.05) is 36.4 Å². The van der Waals surface area contributed by atoms with Crippen LogP contribution in [0.25, 0.3) is 0 Å². The lowest BCUT2D eigenvalue weighted by Crippen LogP contribution is -2.24. The molecule has 3 rings (SSSR count). The second-order valence-electron chi connectivity index (χ2n) is 6.87. The number of anilines is 2. The van der Waals surface area contributed by atoms with E-state index in [0.717, 1.165) is 42.5 Å². The summed E-state index contributed by atoms with van der Waals surface area (Å²) < 4.78 is 0. The van der Waals surface area contributed by atoms with E-state index in [2.05, 4.69) is 10.6 Å². The molecule has 4 N–H and O–H groups in total. The largest absolute Gasteiger partial charge is 0.399 e. The third kappa shape index (κ3) is 6.29. The molecule has 1 aliphatic rings. The van der Waals surface area contributed by atoms with Crippen LogP contribution in [0, 0.1) is 5.92 Å². The first-order chi connectivity index (χ1) is 12.6. The van der Waals surface area contributed by atoms with Gasteiger partial charge in [0.05, 0.1) is 6.42 Å². The van der Waals surface area contributed by atoms with Gasteiger partial charge in [0.2, 0.25) is 11.8 Å². The van der Waals surface area contributed by atoms with Gasteiger partial charge in [0, 0.05) is 23.8 Å². The molecule has 0 atom stereocenters. The molecule has 0 aliphatic heterocycles. The smallest absolute Gasteiger partial charge is 0.227 e. The molecule has 144 valence electrons. The van der Waals surface area contributed by atoms with Crippen LogP contribution >= 0.6 is 12.4 Å². The van der Waals surface area contributed by atoms with E-state index in [4.69, 9.17) is 5.73 Å². The van der Waals surface area contributed by atoms with Gasteiger partial charge in [0.1, 0.15) is 0 Å². The van der Waals surface area contributed by atoms with Crippen LogP contribution in [0.4, 0.5) is 11.4 Å². The molecule has 5 nitrogen and oxygen atoms in total. The summed E-state index contributed by atoms with van der Waals surface area (Å²) in [5, 5.41) is 5.91. The molecule has 1 aliphatic carbocycles. The van der Waals surface area contributed by atoms with E-state index < -0.39 is 0 Å². The first kappa shape index (κ1) is 20.8. The maximum Gasteiger partial charge on any atom is 0.227 e. The van der Waals surface area contributed by atoms with Crippen LogP contribution in [-0.2, 0) is 22.6 Å². The Morgan fingerprint density at radius 2 is 1.70 bits per heavy atom. The predicted octanol–water partition coefficient (Wildman–Crippen LogP) is 3.68. The van der Waals surface area contributed by atoms with E-state index in [1.54, 1.807) is 12.1 Å².